The van der Waals surface area contributed by atoms with Gasteiger partial charge in [-0.2, -0.15) is 0 Å². The first-order chi connectivity index (χ1) is 9.18. The maximum atomic E-state index is 12.5. The monoisotopic (exact) mass is 267 g/mol. The van der Waals surface area contributed by atoms with Crippen molar-refractivity contribution in [1.82, 2.24) is 14.7 Å². The molecule has 3 amide bonds. The Balaban J connectivity index is 1.89. The predicted octanol–water partition coefficient (Wildman–Crippen LogP) is 1.54. The second kappa shape index (κ2) is 6.78. The average molecular weight is 267 g/mol. The zero-order chi connectivity index (χ0) is 13.7. The number of carbonyl (C=O) groups excluding carboxylic acids is 2. The van der Waals surface area contributed by atoms with Crippen LogP contribution in [0, 0.1) is 0 Å². The van der Waals surface area contributed by atoms with Gasteiger partial charge in [0.05, 0.1) is 0 Å². The summed E-state index contributed by atoms with van der Waals surface area (Å²) in [6, 6.07) is 0.173. The van der Waals surface area contributed by atoms with Gasteiger partial charge in [0.1, 0.15) is 0 Å². The van der Waals surface area contributed by atoms with E-state index in [1.54, 1.807) is 6.92 Å². The SMILES string of the molecule is CC(=O)N1CCCN(C(=O)N2CCCCCC2)CC1. The highest BCUT2D eigenvalue weighted by molar-refractivity contribution is 5.75. The molecule has 2 aliphatic heterocycles. The molecule has 0 radical (unpaired) electrons. The van der Waals surface area contributed by atoms with Crippen LogP contribution < -0.4 is 0 Å². The van der Waals surface area contributed by atoms with Gasteiger partial charge in [0.2, 0.25) is 5.91 Å². The molecular formula is C14H25N3O2. The standard InChI is InChI=1S/C14H25N3O2/c1-13(18)15-9-6-10-17(12-11-15)14(19)16-7-4-2-3-5-8-16/h2-12H2,1H3. The normalized spacial score (nSPS) is 21.8. The Hall–Kier alpha value is -1.26. The Morgan fingerprint density at radius 3 is 1.74 bits per heavy atom. The number of carbonyl (C=O) groups is 2. The molecular weight excluding hydrogens is 242 g/mol. The lowest BCUT2D eigenvalue weighted by Crippen LogP contribution is -2.45. The molecule has 108 valence electrons. The van der Waals surface area contributed by atoms with Crippen molar-refractivity contribution in [3.63, 3.8) is 0 Å². The maximum absolute atomic E-state index is 12.5. The molecule has 0 aliphatic carbocycles. The van der Waals surface area contributed by atoms with Crippen molar-refractivity contribution in [2.45, 2.75) is 39.0 Å². The molecule has 5 nitrogen and oxygen atoms in total. The summed E-state index contributed by atoms with van der Waals surface area (Å²) in [7, 11) is 0. The summed E-state index contributed by atoms with van der Waals surface area (Å²) in [6.45, 7) is 6.30. The molecule has 0 atom stereocenters. The number of hydrogen-bond donors (Lipinski definition) is 0. The molecule has 19 heavy (non-hydrogen) atoms. The zero-order valence-corrected chi connectivity index (χ0v) is 11.9. The summed E-state index contributed by atoms with van der Waals surface area (Å²) >= 11 is 0. The van der Waals surface area contributed by atoms with Crippen LogP contribution in [0.5, 0.6) is 0 Å². The summed E-state index contributed by atoms with van der Waals surface area (Å²) < 4.78 is 0. The van der Waals surface area contributed by atoms with E-state index in [9.17, 15) is 9.59 Å². The van der Waals surface area contributed by atoms with Crippen LogP contribution in [0.2, 0.25) is 0 Å². The summed E-state index contributed by atoms with van der Waals surface area (Å²) in [6.07, 6.45) is 5.61. The molecule has 0 spiro atoms. The summed E-state index contributed by atoms with van der Waals surface area (Å²) in [5.74, 6) is 0.115. The van der Waals surface area contributed by atoms with E-state index in [2.05, 4.69) is 0 Å². The number of rotatable bonds is 0. The third-order valence-electron chi connectivity index (χ3n) is 4.09. The van der Waals surface area contributed by atoms with Crippen LogP contribution in [-0.2, 0) is 4.79 Å². The van der Waals surface area contributed by atoms with Gasteiger partial charge in [-0.25, -0.2) is 4.79 Å². The molecule has 2 fully saturated rings. The van der Waals surface area contributed by atoms with Crippen LogP contribution in [0.1, 0.15) is 39.0 Å². The lowest BCUT2D eigenvalue weighted by Gasteiger charge is -2.29. The van der Waals surface area contributed by atoms with Crippen molar-refractivity contribution in [2.75, 3.05) is 39.3 Å². The van der Waals surface area contributed by atoms with Crippen LogP contribution >= 0.6 is 0 Å². The van der Waals surface area contributed by atoms with E-state index in [1.165, 1.54) is 12.8 Å². The minimum atomic E-state index is 0.115. The van der Waals surface area contributed by atoms with Gasteiger partial charge in [0.15, 0.2) is 0 Å². The van der Waals surface area contributed by atoms with Gasteiger partial charge in [0.25, 0.3) is 0 Å². The third kappa shape index (κ3) is 3.85. The Labute approximate surface area is 115 Å². The van der Waals surface area contributed by atoms with Crippen LogP contribution in [0.15, 0.2) is 0 Å². The number of likely N-dealkylation sites (tertiary alicyclic amines) is 1. The highest BCUT2D eigenvalue weighted by Crippen LogP contribution is 2.13. The van der Waals surface area contributed by atoms with Crippen LogP contribution in [0.25, 0.3) is 0 Å². The first-order valence-corrected chi connectivity index (χ1v) is 7.48. The molecule has 0 bridgehead atoms. The summed E-state index contributed by atoms with van der Waals surface area (Å²) in [5, 5.41) is 0. The van der Waals surface area contributed by atoms with Gasteiger partial charge in [-0.1, -0.05) is 12.8 Å². The fourth-order valence-corrected chi connectivity index (χ4v) is 2.89. The number of hydrogen-bond acceptors (Lipinski definition) is 2. The van der Waals surface area contributed by atoms with Gasteiger partial charge in [-0.15, -0.1) is 0 Å². The fourth-order valence-electron chi connectivity index (χ4n) is 2.89. The van der Waals surface area contributed by atoms with E-state index in [0.717, 1.165) is 45.4 Å². The lowest BCUT2D eigenvalue weighted by atomic mass is 10.2. The van der Waals surface area contributed by atoms with E-state index in [0.29, 0.717) is 13.1 Å². The molecule has 0 aromatic carbocycles. The van der Waals surface area contributed by atoms with Gasteiger partial charge in [-0.3, -0.25) is 4.79 Å². The average Bonchev–Trinajstić information content (AvgIpc) is 2.80. The number of amides is 3. The molecule has 0 aromatic heterocycles. The molecule has 0 aromatic rings. The highest BCUT2D eigenvalue weighted by Gasteiger charge is 2.24. The Kier molecular flexibility index (Phi) is 5.05. The predicted molar refractivity (Wildman–Crippen MR) is 73.9 cm³/mol. The van der Waals surface area contributed by atoms with E-state index in [1.807, 2.05) is 14.7 Å². The van der Waals surface area contributed by atoms with Crippen molar-refractivity contribution in [1.29, 1.82) is 0 Å². The fraction of sp³-hybridized carbons (Fsp3) is 0.857. The molecule has 2 rings (SSSR count). The van der Waals surface area contributed by atoms with Gasteiger partial charge < -0.3 is 14.7 Å². The topological polar surface area (TPSA) is 43.9 Å². The van der Waals surface area contributed by atoms with Gasteiger partial charge >= 0.3 is 6.03 Å². The van der Waals surface area contributed by atoms with E-state index >= 15 is 0 Å². The summed E-state index contributed by atoms with van der Waals surface area (Å²) in [5.41, 5.74) is 0. The maximum Gasteiger partial charge on any atom is 0.320 e. The van der Waals surface area contributed by atoms with Crippen molar-refractivity contribution in [3.8, 4) is 0 Å². The second-order valence-electron chi connectivity index (χ2n) is 5.53. The Bertz CT molecular complexity index is 325. The van der Waals surface area contributed by atoms with Crippen molar-refractivity contribution < 1.29 is 9.59 Å². The molecule has 0 unspecified atom stereocenters. The van der Waals surface area contributed by atoms with E-state index < -0.39 is 0 Å². The quantitative estimate of drug-likeness (QED) is 0.668. The minimum Gasteiger partial charge on any atom is -0.341 e. The smallest absolute Gasteiger partial charge is 0.320 e. The van der Waals surface area contributed by atoms with Crippen molar-refractivity contribution in [3.05, 3.63) is 0 Å². The summed E-state index contributed by atoms with van der Waals surface area (Å²) in [4.78, 5) is 29.6. The molecule has 2 saturated heterocycles. The molecule has 2 aliphatic rings. The lowest BCUT2D eigenvalue weighted by molar-refractivity contribution is -0.128. The molecule has 2 heterocycles. The second-order valence-corrected chi connectivity index (χ2v) is 5.53. The molecule has 0 N–H and O–H groups in total. The first-order valence-electron chi connectivity index (χ1n) is 7.48. The van der Waals surface area contributed by atoms with Crippen molar-refractivity contribution >= 4 is 11.9 Å². The Morgan fingerprint density at radius 2 is 1.11 bits per heavy atom. The molecule has 0 saturated carbocycles. The molecule has 5 heteroatoms. The largest absolute Gasteiger partial charge is 0.341 e. The van der Waals surface area contributed by atoms with Crippen LogP contribution in [0.3, 0.4) is 0 Å². The minimum absolute atomic E-state index is 0.115. The van der Waals surface area contributed by atoms with E-state index in [4.69, 9.17) is 0 Å². The first kappa shape index (κ1) is 14.2. The highest BCUT2D eigenvalue weighted by atomic mass is 16.2. The van der Waals surface area contributed by atoms with E-state index in [-0.39, 0.29) is 11.9 Å². The van der Waals surface area contributed by atoms with Crippen LogP contribution in [0.4, 0.5) is 4.79 Å². The van der Waals surface area contributed by atoms with Gasteiger partial charge in [-0.05, 0) is 19.3 Å². The number of nitrogens with zero attached hydrogens (tertiary/aromatic N) is 3. The van der Waals surface area contributed by atoms with Crippen LogP contribution in [-0.4, -0.2) is 65.9 Å². The van der Waals surface area contributed by atoms with Crippen molar-refractivity contribution in [2.24, 2.45) is 0 Å². The third-order valence-corrected chi connectivity index (χ3v) is 4.09. The van der Waals surface area contributed by atoms with Gasteiger partial charge in [0, 0.05) is 46.2 Å². The zero-order valence-electron chi connectivity index (χ0n) is 11.9. The Morgan fingerprint density at radius 1 is 0.632 bits per heavy atom. The number of urea groups is 1.